The summed E-state index contributed by atoms with van der Waals surface area (Å²) >= 11 is 6.07. The van der Waals surface area contributed by atoms with Crippen molar-refractivity contribution in [2.24, 2.45) is 0 Å². The predicted octanol–water partition coefficient (Wildman–Crippen LogP) is 2.69. The first-order valence-corrected chi connectivity index (χ1v) is 5.77. The lowest BCUT2D eigenvalue weighted by molar-refractivity contribution is -0.109. The van der Waals surface area contributed by atoms with E-state index in [1.807, 2.05) is 0 Å². The Hall–Kier alpha value is -2.07. The highest BCUT2D eigenvalue weighted by molar-refractivity contribution is 6.32. The van der Waals surface area contributed by atoms with Gasteiger partial charge in [-0.3, -0.25) is 9.59 Å². The van der Waals surface area contributed by atoms with E-state index in [1.54, 1.807) is 18.2 Å². The van der Waals surface area contributed by atoms with E-state index in [1.165, 1.54) is 13.2 Å². The van der Waals surface area contributed by atoms with Crippen LogP contribution in [0.4, 0.5) is 0 Å². The minimum absolute atomic E-state index is 0.0119. The summed E-state index contributed by atoms with van der Waals surface area (Å²) in [5.74, 6) is 0.803. The highest BCUT2D eigenvalue weighted by atomic mass is 35.5. The summed E-state index contributed by atoms with van der Waals surface area (Å²) in [6, 6.07) is 3.20. The van der Waals surface area contributed by atoms with E-state index in [9.17, 15) is 9.59 Å². The highest BCUT2D eigenvalue weighted by Gasteiger charge is 2.11. The second-order valence-corrected chi connectivity index (χ2v) is 3.92. The van der Waals surface area contributed by atoms with Crippen molar-refractivity contribution in [2.45, 2.75) is 0 Å². The molecule has 1 aromatic rings. The summed E-state index contributed by atoms with van der Waals surface area (Å²) in [6.45, 7) is 3.83. The molecule has 0 aliphatic rings. The first-order valence-electron chi connectivity index (χ1n) is 5.39. The molecule has 1 aromatic carbocycles. The lowest BCUT2D eigenvalue weighted by Crippen LogP contribution is -1.98. The van der Waals surface area contributed by atoms with Crippen LogP contribution in [0.25, 0.3) is 6.08 Å². The van der Waals surface area contributed by atoms with Crippen LogP contribution in [0.5, 0.6) is 11.5 Å². The minimum atomic E-state index is 0.0119. The zero-order chi connectivity index (χ0) is 14.3. The summed E-state index contributed by atoms with van der Waals surface area (Å²) < 4.78 is 10.5. The summed E-state index contributed by atoms with van der Waals surface area (Å²) in [4.78, 5) is 21.2. The van der Waals surface area contributed by atoms with Crippen LogP contribution in [-0.4, -0.2) is 26.3 Å². The molecule has 0 radical (unpaired) electrons. The molecule has 0 fully saturated rings. The van der Waals surface area contributed by atoms with Crippen LogP contribution in [0.15, 0.2) is 30.4 Å². The van der Waals surface area contributed by atoms with Crippen molar-refractivity contribution < 1.29 is 19.1 Å². The van der Waals surface area contributed by atoms with Crippen molar-refractivity contribution in [2.75, 3.05) is 13.7 Å². The highest BCUT2D eigenvalue weighted by Crippen LogP contribution is 2.36. The molecule has 100 valence electrons. The van der Waals surface area contributed by atoms with E-state index in [-0.39, 0.29) is 5.57 Å². The number of aldehydes is 2. The van der Waals surface area contributed by atoms with Gasteiger partial charge in [0.05, 0.1) is 17.7 Å². The van der Waals surface area contributed by atoms with Crippen molar-refractivity contribution in [1.82, 2.24) is 0 Å². The molecule has 5 heteroatoms. The smallest absolute Gasteiger partial charge is 0.180 e. The largest absolute Gasteiger partial charge is 0.493 e. The van der Waals surface area contributed by atoms with Gasteiger partial charge in [0, 0.05) is 0 Å². The van der Waals surface area contributed by atoms with E-state index in [0.29, 0.717) is 41.3 Å². The van der Waals surface area contributed by atoms with E-state index in [2.05, 4.69) is 6.58 Å². The summed E-state index contributed by atoms with van der Waals surface area (Å²) in [5.41, 5.74) is 0.583. The lowest BCUT2D eigenvalue weighted by Gasteiger charge is -2.12. The van der Waals surface area contributed by atoms with Crippen molar-refractivity contribution >= 4 is 30.2 Å². The maximum atomic E-state index is 10.6. The van der Waals surface area contributed by atoms with Gasteiger partial charge in [-0.25, -0.2) is 0 Å². The molecule has 0 aliphatic carbocycles. The Morgan fingerprint density at radius 2 is 2.05 bits per heavy atom. The summed E-state index contributed by atoms with van der Waals surface area (Å²) in [5, 5.41) is 0.323. The predicted molar refractivity (Wildman–Crippen MR) is 73.8 cm³/mol. The van der Waals surface area contributed by atoms with Gasteiger partial charge in [0.25, 0.3) is 0 Å². The molecule has 0 amide bonds. The number of carbonyl (C=O) groups is 2. The Morgan fingerprint density at radius 3 is 2.58 bits per heavy atom. The van der Waals surface area contributed by atoms with Crippen LogP contribution in [0.2, 0.25) is 5.02 Å². The quantitative estimate of drug-likeness (QED) is 0.253. The fourth-order valence-corrected chi connectivity index (χ4v) is 1.67. The molecule has 0 atom stereocenters. The fourth-order valence-electron chi connectivity index (χ4n) is 1.39. The molecule has 4 nitrogen and oxygen atoms in total. The van der Waals surface area contributed by atoms with Crippen LogP contribution in [0.1, 0.15) is 5.56 Å². The summed E-state index contributed by atoms with van der Waals surface area (Å²) in [6.07, 6.45) is 3.93. The monoisotopic (exact) mass is 280 g/mol. The van der Waals surface area contributed by atoms with Crippen molar-refractivity contribution in [3.05, 3.63) is 40.9 Å². The van der Waals surface area contributed by atoms with E-state index in [0.717, 1.165) is 0 Å². The van der Waals surface area contributed by atoms with E-state index in [4.69, 9.17) is 21.1 Å². The molecule has 0 unspecified atom stereocenters. The Labute approximate surface area is 116 Å². The second-order valence-electron chi connectivity index (χ2n) is 3.51. The van der Waals surface area contributed by atoms with Gasteiger partial charge in [-0.15, -0.1) is 0 Å². The topological polar surface area (TPSA) is 52.6 Å². The SMILES string of the molecule is C=CCOc1c(Cl)cc(C=C(C=O)C=O)cc1OC. The zero-order valence-corrected chi connectivity index (χ0v) is 11.1. The summed E-state index contributed by atoms with van der Waals surface area (Å²) in [7, 11) is 1.47. The number of ether oxygens (including phenoxy) is 2. The van der Waals surface area contributed by atoms with Gasteiger partial charge in [0.1, 0.15) is 6.61 Å². The number of hydrogen-bond donors (Lipinski definition) is 0. The molecule has 0 heterocycles. The molecular formula is C14H13ClO4. The van der Waals surface area contributed by atoms with E-state index < -0.39 is 0 Å². The van der Waals surface area contributed by atoms with Crippen molar-refractivity contribution in [3.8, 4) is 11.5 Å². The fraction of sp³-hybridized carbons (Fsp3) is 0.143. The third kappa shape index (κ3) is 3.96. The minimum Gasteiger partial charge on any atom is -0.493 e. The number of hydrogen-bond acceptors (Lipinski definition) is 4. The average Bonchev–Trinajstić information content (AvgIpc) is 2.43. The third-order valence-corrected chi connectivity index (χ3v) is 2.48. The molecule has 1 rings (SSSR count). The number of methoxy groups -OCH3 is 1. The number of carbonyl (C=O) groups excluding carboxylic acids is 2. The van der Waals surface area contributed by atoms with Crippen LogP contribution in [0, 0.1) is 0 Å². The van der Waals surface area contributed by atoms with Gasteiger partial charge < -0.3 is 9.47 Å². The molecule has 0 N–H and O–H groups in total. The molecule has 0 aliphatic heterocycles. The Morgan fingerprint density at radius 1 is 1.37 bits per heavy atom. The number of allylic oxidation sites excluding steroid dienone is 1. The molecular weight excluding hydrogens is 268 g/mol. The molecule has 19 heavy (non-hydrogen) atoms. The van der Waals surface area contributed by atoms with Crippen LogP contribution >= 0.6 is 11.6 Å². The van der Waals surface area contributed by atoms with E-state index >= 15 is 0 Å². The maximum absolute atomic E-state index is 10.6. The first-order chi connectivity index (χ1) is 9.15. The lowest BCUT2D eigenvalue weighted by atomic mass is 10.1. The number of rotatable bonds is 7. The van der Waals surface area contributed by atoms with Crippen LogP contribution < -0.4 is 9.47 Å². The maximum Gasteiger partial charge on any atom is 0.180 e. The molecule has 0 aromatic heterocycles. The number of benzene rings is 1. The normalized spacial score (nSPS) is 9.37. The number of halogens is 1. The van der Waals surface area contributed by atoms with Gasteiger partial charge in [-0.1, -0.05) is 24.3 Å². The van der Waals surface area contributed by atoms with Gasteiger partial charge in [0.15, 0.2) is 24.1 Å². The average molecular weight is 281 g/mol. The Kier molecular flexibility index (Phi) is 5.82. The molecule has 0 bridgehead atoms. The van der Waals surface area contributed by atoms with Crippen LogP contribution in [-0.2, 0) is 9.59 Å². The zero-order valence-electron chi connectivity index (χ0n) is 10.4. The first kappa shape index (κ1) is 15.0. The van der Waals surface area contributed by atoms with Crippen LogP contribution in [0.3, 0.4) is 0 Å². The van der Waals surface area contributed by atoms with Crippen molar-refractivity contribution in [3.63, 3.8) is 0 Å². The van der Waals surface area contributed by atoms with Gasteiger partial charge in [-0.2, -0.15) is 0 Å². The third-order valence-electron chi connectivity index (χ3n) is 2.20. The second kappa shape index (κ2) is 7.38. The molecule has 0 spiro atoms. The van der Waals surface area contributed by atoms with Gasteiger partial charge in [-0.05, 0) is 23.8 Å². The molecule has 0 saturated carbocycles. The van der Waals surface area contributed by atoms with Crippen molar-refractivity contribution in [1.29, 1.82) is 0 Å². The standard InChI is InChI=1S/C14H13ClO4/c1-3-4-19-14-12(15)6-10(7-13(14)18-2)5-11(8-16)9-17/h3,5-9H,1,4H2,2H3. The Balaban J connectivity index is 3.22. The molecule has 0 saturated heterocycles. The van der Waals surface area contributed by atoms with Gasteiger partial charge >= 0.3 is 0 Å². The Bertz CT molecular complexity index is 510. The van der Waals surface area contributed by atoms with Gasteiger partial charge in [0.2, 0.25) is 0 Å².